The van der Waals surface area contributed by atoms with Crippen LogP contribution in [0.3, 0.4) is 0 Å². The minimum Gasteiger partial charge on any atom is -0.466 e. The Morgan fingerprint density at radius 3 is 2.73 bits per heavy atom. The molecule has 0 bridgehead atoms. The highest BCUT2D eigenvalue weighted by Gasteiger charge is 2.13. The number of hydrogen-bond acceptors (Lipinski definition) is 4. The van der Waals surface area contributed by atoms with Gasteiger partial charge in [0.05, 0.1) is 18.7 Å². The summed E-state index contributed by atoms with van der Waals surface area (Å²) in [6.45, 7) is 8.97. The van der Waals surface area contributed by atoms with Gasteiger partial charge in [0.15, 0.2) is 0 Å². The zero-order valence-corrected chi connectivity index (χ0v) is 13.8. The molecule has 0 saturated heterocycles. The van der Waals surface area contributed by atoms with Crippen molar-refractivity contribution in [3.05, 3.63) is 29.6 Å². The van der Waals surface area contributed by atoms with Crippen LogP contribution >= 0.6 is 0 Å². The molecule has 0 unspecified atom stereocenters. The first-order valence-corrected chi connectivity index (χ1v) is 8.02. The molecule has 0 atom stereocenters. The van der Waals surface area contributed by atoms with E-state index in [2.05, 4.69) is 12.2 Å². The van der Waals surface area contributed by atoms with E-state index in [1.54, 1.807) is 13.0 Å². The SMILES string of the molecule is CCCNCc1ccc(F)c(N(CC)CCC(=O)OCC)c1. The number of halogens is 1. The lowest BCUT2D eigenvalue weighted by molar-refractivity contribution is -0.142. The summed E-state index contributed by atoms with van der Waals surface area (Å²) in [6.07, 6.45) is 1.33. The number of ether oxygens (including phenoxy) is 1. The zero-order chi connectivity index (χ0) is 16.4. The summed E-state index contributed by atoms with van der Waals surface area (Å²) in [6, 6.07) is 5.14. The number of hydrogen-bond donors (Lipinski definition) is 1. The Hall–Kier alpha value is -1.62. The molecule has 0 saturated carbocycles. The quantitative estimate of drug-likeness (QED) is 0.532. The maximum atomic E-state index is 14.1. The van der Waals surface area contributed by atoms with Crippen molar-refractivity contribution in [2.24, 2.45) is 0 Å². The van der Waals surface area contributed by atoms with Crippen molar-refractivity contribution >= 4 is 11.7 Å². The van der Waals surface area contributed by atoms with Crippen LogP contribution in [-0.4, -0.2) is 32.2 Å². The molecule has 0 radical (unpaired) electrons. The molecule has 5 heteroatoms. The lowest BCUT2D eigenvalue weighted by atomic mass is 10.1. The van der Waals surface area contributed by atoms with Crippen LogP contribution in [0.2, 0.25) is 0 Å². The van der Waals surface area contributed by atoms with Gasteiger partial charge in [-0.3, -0.25) is 4.79 Å². The normalized spacial score (nSPS) is 10.5. The first-order chi connectivity index (χ1) is 10.6. The van der Waals surface area contributed by atoms with Crippen LogP contribution < -0.4 is 10.2 Å². The van der Waals surface area contributed by atoms with Crippen LogP contribution in [0.5, 0.6) is 0 Å². The van der Waals surface area contributed by atoms with Crippen molar-refractivity contribution in [1.82, 2.24) is 5.32 Å². The third kappa shape index (κ3) is 6.02. The maximum absolute atomic E-state index is 14.1. The van der Waals surface area contributed by atoms with E-state index in [9.17, 15) is 9.18 Å². The van der Waals surface area contributed by atoms with Gasteiger partial charge in [0, 0.05) is 19.6 Å². The smallest absolute Gasteiger partial charge is 0.307 e. The highest BCUT2D eigenvalue weighted by molar-refractivity contribution is 5.70. The monoisotopic (exact) mass is 310 g/mol. The Balaban J connectivity index is 2.73. The minimum absolute atomic E-state index is 0.248. The van der Waals surface area contributed by atoms with Crippen molar-refractivity contribution in [1.29, 1.82) is 0 Å². The average molecular weight is 310 g/mol. The van der Waals surface area contributed by atoms with E-state index >= 15 is 0 Å². The number of rotatable bonds is 10. The molecule has 0 aliphatic carbocycles. The Kier molecular flexibility index (Phi) is 8.51. The largest absolute Gasteiger partial charge is 0.466 e. The van der Waals surface area contributed by atoms with E-state index in [0.29, 0.717) is 25.4 Å². The number of nitrogens with one attached hydrogen (secondary N) is 1. The Labute approximate surface area is 132 Å². The molecule has 1 rings (SSSR count). The third-order valence-electron chi connectivity index (χ3n) is 3.38. The van der Waals surface area contributed by atoms with Crippen LogP contribution in [0.4, 0.5) is 10.1 Å². The molecule has 22 heavy (non-hydrogen) atoms. The average Bonchev–Trinajstić information content (AvgIpc) is 2.51. The van der Waals surface area contributed by atoms with E-state index in [1.165, 1.54) is 6.07 Å². The molecule has 124 valence electrons. The summed E-state index contributed by atoms with van der Waals surface area (Å²) in [5.41, 5.74) is 1.59. The molecule has 0 heterocycles. The Morgan fingerprint density at radius 2 is 2.09 bits per heavy atom. The van der Waals surface area contributed by atoms with Crippen molar-refractivity contribution in [2.45, 2.75) is 40.2 Å². The summed E-state index contributed by atoms with van der Waals surface area (Å²) >= 11 is 0. The summed E-state index contributed by atoms with van der Waals surface area (Å²) in [7, 11) is 0. The molecule has 0 aliphatic heterocycles. The molecule has 1 aromatic rings. The minimum atomic E-state index is -0.259. The van der Waals surface area contributed by atoms with Gasteiger partial charge < -0.3 is 15.0 Å². The van der Waals surface area contributed by atoms with Gasteiger partial charge in [-0.25, -0.2) is 4.39 Å². The van der Waals surface area contributed by atoms with Crippen LogP contribution in [-0.2, 0) is 16.1 Å². The molecular weight excluding hydrogens is 283 g/mol. The van der Waals surface area contributed by atoms with Gasteiger partial charge in [-0.2, -0.15) is 0 Å². The highest BCUT2D eigenvalue weighted by atomic mass is 19.1. The molecule has 0 spiro atoms. The summed E-state index contributed by atoms with van der Waals surface area (Å²) < 4.78 is 19.0. The molecule has 0 aromatic heterocycles. The van der Waals surface area contributed by atoms with Crippen LogP contribution in [0.15, 0.2) is 18.2 Å². The van der Waals surface area contributed by atoms with Gasteiger partial charge in [0.25, 0.3) is 0 Å². The Bertz CT molecular complexity index is 466. The summed E-state index contributed by atoms with van der Waals surface area (Å²) in [5, 5.41) is 3.31. The van der Waals surface area contributed by atoms with Gasteiger partial charge in [0.1, 0.15) is 5.82 Å². The van der Waals surface area contributed by atoms with Crippen LogP contribution in [0, 0.1) is 5.82 Å². The van der Waals surface area contributed by atoms with Crippen molar-refractivity contribution in [2.75, 3.05) is 31.1 Å². The van der Waals surface area contributed by atoms with E-state index in [-0.39, 0.29) is 18.2 Å². The lowest BCUT2D eigenvalue weighted by Crippen LogP contribution is -2.27. The highest BCUT2D eigenvalue weighted by Crippen LogP contribution is 2.21. The van der Waals surface area contributed by atoms with Gasteiger partial charge in [0.2, 0.25) is 0 Å². The number of esters is 1. The number of benzene rings is 1. The third-order valence-corrected chi connectivity index (χ3v) is 3.38. The van der Waals surface area contributed by atoms with Gasteiger partial charge >= 0.3 is 5.97 Å². The topological polar surface area (TPSA) is 41.6 Å². The van der Waals surface area contributed by atoms with Crippen molar-refractivity contribution in [3.8, 4) is 0 Å². The fourth-order valence-electron chi connectivity index (χ4n) is 2.23. The maximum Gasteiger partial charge on any atom is 0.307 e. The molecular formula is C17H27FN2O2. The number of nitrogens with zero attached hydrogens (tertiary/aromatic N) is 1. The molecule has 0 fully saturated rings. The van der Waals surface area contributed by atoms with Gasteiger partial charge in [-0.05, 0) is 44.5 Å². The first-order valence-electron chi connectivity index (χ1n) is 8.02. The molecule has 0 amide bonds. The second-order valence-corrected chi connectivity index (χ2v) is 5.10. The summed E-state index contributed by atoms with van der Waals surface area (Å²) in [4.78, 5) is 13.3. The fourth-order valence-corrected chi connectivity index (χ4v) is 2.23. The van der Waals surface area contributed by atoms with Gasteiger partial charge in [-0.1, -0.05) is 13.0 Å². The van der Waals surface area contributed by atoms with Crippen LogP contribution in [0.25, 0.3) is 0 Å². The van der Waals surface area contributed by atoms with E-state index in [1.807, 2.05) is 17.9 Å². The number of carbonyl (C=O) groups is 1. The fraction of sp³-hybridized carbons (Fsp3) is 0.588. The van der Waals surface area contributed by atoms with Gasteiger partial charge in [-0.15, -0.1) is 0 Å². The first kappa shape index (κ1) is 18.4. The second kappa shape index (κ2) is 10.2. The Morgan fingerprint density at radius 1 is 1.32 bits per heavy atom. The molecule has 1 aromatic carbocycles. The second-order valence-electron chi connectivity index (χ2n) is 5.10. The standard InChI is InChI=1S/C17H27FN2O2/c1-4-10-19-13-14-7-8-15(18)16(12-14)20(5-2)11-9-17(21)22-6-3/h7-8,12,19H,4-6,9-11,13H2,1-3H3. The molecule has 0 aliphatic rings. The van der Waals surface area contributed by atoms with E-state index in [0.717, 1.165) is 25.1 Å². The van der Waals surface area contributed by atoms with E-state index < -0.39 is 0 Å². The summed E-state index contributed by atoms with van der Waals surface area (Å²) in [5.74, 6) is -0.507. The predicted octanol–water partition coefficient (Wildman–Crippen LogP) is 3.10. The number of anilines is 1. The predicted molar refractivity (Wildman–Crippen MR) is 87.5 cm³/mol. The van der Waals surface area contributed by atoms with Crippen molar-refractivity contribution in [3.63, 3.8) is 0 Å². The van der Waals surface area contributed by atoms with Crippen LogP contribution in [0.1, 0.15) is 39.2 Å². The molecule has 1 N–H and O–H groups in total. The van der Waals surface area contributed by atoms with Crippen molar-refractivity contribution < 1.29 is 13.9 Å². The molecule has 4 nitrogen and oxygen atoms in total. The lowest BCUT2D eigenvalue weighted by Gasteiger charge is -2.24. The zero-order valence-electron chi connectivity index (χ0n) is 13.8. The number of carbonyl (C=O) groups excluding carboxylic acids is 1. The van der Waals surface area contributed by atoms with E-state index in [4.69, 9.17) is 4.74 Å².